The Morgan fingerprint density at radius 3 is 2.44 bits per heavy atom. The van der Waals surface area contributed by atoms with Crippen LogP contribution in [0.5, 0.6) is 5.75 Å². The van der Waals surface area contributed by atoms with Crippen molar-refractivity contribution in [2.45, 2.75) is 13.5 Å². The molecule has 4 aromatic rings. The van der Waals surface area contributed by atoms with Crippen LogP contribution in [0.15, 0.2) is 59.3 Å². The van der Waals surface area contributed by atoms with Gasteiger partial charge in [0.05, 0.1) is 19.1 Å². The van der Waals surface area contributed by atoms with E-state index in [0.717, 1.165) is 28.0 Å². The molecule has 1 aromatic carbocycles. The molecule has 0 unspecified atom stereocenters. The number of carbonyl (C=O) groups excluding carboxylic acids is 2. The standard InChI is InChI=1S/C25H25N5O4/c1-17-23-20(18-5-7-19(33-2)8-6-18)9-10-26-24(23)30(27-17)16-22(31)28-11-13-29(14-12-28)25(32)21-4-3-15-34-21/h3-10,15H,11-14,16H2,1-2H3. The summed E-state index contributed by atoms with van der Waals surface area (Å²) < 4.78 is 12.1. The summed E-state index contributed by atoms with van der Waals surface area (Å²) in [6.45, 7) is 3.88. The first kappa shape index (κ1) is 21.7. The summed E-state index contributed by atoms with van der Waals surface area (Å²) in [5, 5.41) is 5.55. The van der Waals surface area contributed by atoms with E-state index in [9.17, 15) is 9.59 Å². The van der Waals surface area contributed by atoms with Crippen molar-refractivity contribution >= 4 is 22.8 Å². The van der Waals surface area contributed by atoms with Crippen molar-refractivity contribution in [3.63, 3.8) is 0 Å². The number of nitrogens with zero attached hydrogens (tertiary/aromatic N) is 5. The first-order valence-electron chi connectivity index (χ1n) is 11.1. The van der Waals surface area contributed by atoms with Gasteiger partial charge in [-0.15, -0.1) is 0 Å². The number of benzene rings is 1. The summed E-state index contributed by atoms with van der Waals surface area (Å²) in [6.07, 6.45) is 3.22. The molecular formula is C25H25N5O4. The predicted molar refractivity (Wildman–Crippen MR) is 125 cm³/mol. The lowest BCUT2D eigenvalue weighted by Gasteiger charge is -2.34. The van der Waals surface area contributed by atoms with Crippen LogP contribution in [0.2, 0.25) is 0 Å². The summed E-state index contributed by atoms with van der Waals surface area (Å²) in [7, 11) is 1.64. The van der Waals surface area contributed by atoms with Crippen molar-refractivity contribution in [2.75, 3.05) is 33.3 Å². The molecule has 4 heterocycles. The number of aryl methyl sites for hydroxylation is 1. The molecule has 9 heteroatoms. The Balaban J connectivity index is 1.31. The zero-order chi connectivity index (χ0) is 23.7. The molecule has 0 radical (unpaired) electrons. The number of aromatic nitrogens is 3. The topological polar surface area (TPSA) is 93.7 Å². The Morgan fingerprint density at radius 2 is 1.76 bits per heavy atom. The van der Waals surface area contributed by atoms with Crippen molar-refractivity contribution in [1.29, 1.82) is 0 Å². The molecule has 0 atom stereocenters. The van der Waals surface area contributed by atoms with E-state index in [-0.39, 0.29) is 18.4 Å². The number of hydrogen-bond donors (Lipinski definition) is 0. The normalized spacial score (nSPS) is 13.9. The third-order valence-corrected chi connectivity index (χ3v) is 6.15. The Hall–Kier alpha value is -4.14. The number of pyridine rings is 1. The van der Waals surface area contributed by atoms with Crippen LogP contribution >= 0.6 is 0 Å². The minimum Gasteiger partial charge on any atom is -0.497 e. The molecule has 2 amide bonds. The lowest BCUT2D eigenvalue weighted by molar-refractivity contribution is -0.133. The fourth-order valence-electron chi connectivity index (χ4n) is 4.35. The Morgan fingerprint density at radius 1 is 1.03 bits per heavy atom. The highest BCUT2D eigenvalue weighted by molar-refractivity contribution is 5.95. The van der Waals surface area contributed by atoms with E-state index in [0.29, 0.717) is 37.6 Å². The average Bonchev–Trinajstić information content (AvgIpc) is 3.52. The summed E-state index contributed by atoms with van der Waals surface area (Å²) in [6, 6.07) is 13.1. The molecule has 1 saturated heterocycles. The second kappa shape index (κ2) is 9.01. The Bertz CT molecular complexity index is 1320. The molecule has 174 valence electrons. The number of carbonyl (C=O) groups is 2. The minimum atomic E-state index is -0.152. The second-order valence-electron chi connectivity index (χ2n) is 8.18. The lowest BCUT2D eigenvalue weighted by atomic mass is 10.0. The van der Waals surface area contributed by atoms with Gasteiger partial charge in [0, 0.05) is 37.8 Å². The van der Waals surface area contributed by atoms with Gasteiger partial charge in [-0.3, -0.25) is 9.59 Å². The number of methoxy groups -OCH3 is 1. The van der Waals surface area contributed by atoms with Crippen LogP contribution in [0.4, 0.5) is 0 Å². The van der Waals surface area contributed by atoms with Gasteiger partial charge in [-0.1, -0.05) is 12.1 Å². The maximum Gasteiger partial charge on any atom is 0.289 e. The van der Waals surface area contributed by atoms with Gasteiger partial charge in [-0.2, -0.15) is 5.10 Å². The fourth-order valence-corrected chi connectivity index (χ4v) is 4.35. The maximum absolute atomic E-state index is 13.1. The molecule has 9 nitrogen and oxygen atoms in total. The van der Waals surface area contributed by atoms with Crippen LogP contribution in [0.3, 0.4) is 0 Å². The largest absolute Gasteiger partial charge is 0.497 e. The van der Waals surface area contributed by atoms with Gasteiger partial charge in [0.15, 0.2) is 11.4 Å². The monoisotopic (exact) mass is 459 g/mol. The SMILES string of the molecule is COc1ccc(-c2ccnc3c2c(C)nn3CC(=O)N2CCN(C(=O)c3ccco3)CC2)cc1. The summed E-state index contributed by atoms with van der Waals surface area (Å²) in [4.78, 5) is 33.5. The molecule has 1 fully saturated rings. The zero-order valence-corrected chi connectivity index (χ0v) is 19.1. The average molecular weight is 460 g/mol. The first-order valence-corrected chi connectivity index (χ1v) is 11.1. The zero-order valence-electron chi connectivity index (χ0n) is 19.1. The molecule has 1 aliphatic heterocycles. The first-order chi connectivity index (χ1) is 16.5. The minimum absolute atomic E-state index is 0.0499. The fraction of sp³-hybridized carbons (Fsp3) is 0.280. The summed E-state index contributed by atoms with van der Waals surface area (Å²) >= 11 is 0. The van der Waals surface area contributed by atoms with E-state index in [4.69, 9.17) is 9.15 Å². The Kier molecular flexibility index (Phi) is 5.75. The van der Waals surface area contributed by atoms with Gasteiger partial charge >= 0.3 is 0 Å². The smallest absolute Gasteiger partial charge is 0.289 e. The highest BCUT2D eigenvalue weighted by atomic mass is 16.5. The van der Waals surface area contributed by atoms with Crippen molar-refractivity contribution in [3.05, 3.63) is 66.4 Å². The summed E-state index contributed by atoms with van der Waals surface area (Å²) in [5.74, 6) is 0.905. The number of fused-ring (bicyclic) bond motifs is 1. The number of hydrogen-bond acceptors (Lipinski definition) is 6. The van der Waals surface area contributed by atoms with Gasteiger partial charge in [0.25, 0.3) is 5.91 Å². The molecule has 0 aliphatic carbocycles. The number of ether oxygens (including phenoxy) is 1. The van der Waals surface area contributed by atoms with Crippen LogP contribution in [0, 0.1) is 6.92 Å². The quantitative estimate of drug-likeness (QED) is 0.456. The predicted octanol–water partition coefficient (Wildman–Crippen LogP) is 2.99. The molecule has 0 N–H and O–H groups in total. The third-order valence-electron chi connectivity index (χ3n) is 6.15. The van der Waals surface area contributed by atoms with E-state index < -0.39 is 0 Å². The Labute approximate surface area is 196 Å². The van der Waals surface area contributed by atoms with Gasteiger partial charge in [-0.05, 0) is 48.4 Å². The summed E-state index contributed by atoms with van der Waals surface area (Å²) in [5.41, 5.74) is 3.52. The van der Waals surface area contributed by atoms with Gasteiger partial charge in [0.2, 0.25) is 5.91 Å². The van der Waals surface area contributed by atoms with Crippen LogP contribution in [0.25, 0.3) is 22.2 Å². The van der Waals surface area contributed by atoms with Crippen LogP contribution in [0.1, 0.15) is 16.2 Å². The molecule has 0 saturated carbocycles. The molecular weight excluding hydrogens is 434 g/mol. The molecule has 0 bridgehead atoms. The van der Waals surface area contributed by atoms with E-state index in [2.05, 4.69) is 10.1 Å². The van der Waals surface area contributed by atoms with Crippen molar-refractivity contribution in [3.8, 4) is 16.9 Å². The molecule has 3 aromatic heterocycles. The van der Waals surface area contributed by atoms with E-state index >= 15 is 0 Å². The third kappa shape index (κ3) is 4.00. The molecule has 1 aliphatic rings. The van der Waals surface area contributed by atoms with E-state index in [1.807, 2.05) is 37.3 Å². The molecule has 5 rings (SSSR count). The van der Waals surface area contributed by atoms with Crippen molar-refractivity contribution in [1.82, 2.24) is 24.6 Å². The van der Waals surface area contributed by atoms with Crippen molar-refractivity contribution < 1.29 is 18.7 Å². The van der Waals surface area contributed by atoms with Crippen LogP contribution < -0.4 is 4.74 Å². The van der Waals surface area contributed by atoms with E-state index in [1.165, 1.54) is 6.26 Å². The number of amides is 2. The number of furan rings is 1. The van der Waals surface area contributed by atoms with Crippen molar-refractivity contribution in [2.24, 2.45) is 0 Å². The number of piperazine rings is 1. The second-order valence-corrected chi connectivity index (χ2v) is 8.18. The lowest BCUT2D eigenvalue weighted by Crippen LogP contribution is -2.51. The van der Waals surface area contributed by atoms with E-state index in [1.54, 1.807) is 39.9 Å². The van der Waals surface area contributed by atoms with Crippen LogP contribution in [-0.4, -0.2) is 69.7 Å². The maximum atomic E-state index is 13.1. The highest BCUT2D eigenvalue weighted by Gasteiger charge is 2.27. The van der Waals surface area contributed by atoms with Crippen LogP contribution in [-0.2, 0) is 11.3 Å². The molecule has 0 spiro atoms. The van der Waals surface area contributed by atoms with Gasteiger partial charge < -0.3 is 19.0 Å². The number of rotatable bonds is 5. The van der Waals surface area contributed by atoms with Gasteiger partial charge in [0.1, 0.15) is 12.3 Å². The molecule has 34 heavy (non-hydrogen) atoms. The highest BCUT2D eigenvalue weighted by Crippen LogP contribution is 2.31. The van der Waals surface area contributed by atoms with Gasteiger partial charge in [-0.25, -0.2) is 9.67 Å².